The smallest absolute Gasteiger partial charge is 0.277 e. The lowest BCUT2D eigenvalue weighted by atomic mass is 9.90. The minimum atomic E-state index is -0.291. The Balaban J connectivity index is 1.63. The van der Waals surface area contributed by atoms with E-state index in [2.05, 4.69) is 23.7 Å². The van der Waals surface area contributed by atoms with E-state index in [1.807, 2.05) is 12.1 Å². The highest BCUT2D eigenvalue weighted by Gasteiger charge is 2.33. The van der Waals surface area contributed by atoms with E-state index in [1.165, 1.54) is 21.5 Å². The Kier molecular flexibility index (Phi) is 4.53. The number of morpholine rings is 1. The maximum absolute atomic E-state index is 13.4. The molecule has 164 valence electrons. The minimum Gasteiger partial charge on any atom is -0.378 e. The molecule has 4 aromatic rings. The molecule has 2 aliphatic rings. The predicted molar refractivity (Wildman–Crippen MR) is 124 cm³/mol. The molecule has 0 amide bonds. The van der Waals surface area contributed by atoms with Crippen molar-refractivity contribution >= 4 is 37.6 Å². The lowest BCUT2D eigenvalue weighted by molar-refractivity contribution is -0.0396. The summed E-state index contributed by atoms with van der Waals surface area (Å²) in [6, 6.07) is 5.49. The second-order valence-electron chi connectivity index (χ2n) is 8.78. The average molecular weight is 450 g/mol. The highest BCUT2D eigenvalue weighted by molar-refractivity contribution is 7.25. The van der Waals surface area contributed by atoms with E-state index in [9.17, 15) is 4.79 Å². The second kappa shape index (κ2) is 7.33. The molecule has 9 heteroatoms. The van der Waals surface area contributed by atoms with Crippen molar-refractivity contribution in [3.05, 3.63) is 52.2 Å². The summed E-state index contributed by atoms with van der Waals surface area (Å²) in [7, 11) is 0. The van der Waals surface area contributed by atoms with Gasteiger partial charge in [0.2, 0.25) is 0 Å². The predicted octanol–water partition coefficient (Wildman–Crippen LogP) is 3.08. The maximum Gasteiger partial charge on any atom is 0.277 e. The molecule has 4 aromatic heterocycles. The van der Waals surface area contributed by atoms with Gasteiger partial charge in [-0.1, -0.05) is 6.07 Å². The monoisotopic (exact) mass is 449 g/mol. The molecular formula is C23H23N5O3S. The van der Waals surface area contributed by atoms with Crippen LogP contribution in [-0.2, 0) is 22.5 Å². The molecular weight excluding hydrogens is 426 g/mol. The molecule has 32 heavy (non-hydrogen) atoms. The lowest BCUT2D eigenvalue weighted by Crippen LogP contribution is -2.39. The fourth-order valence-corrected chi connectivity index (χ4v) is 5.63. The number of ether oxygens (including phenoxy) is 2. The third-order valence-electron chi connectivity index (χ3n) is 6.14. The number of hydrogen-bond acceptors (Lipinski definition) is 8. The summed E-state index contributed by atoms with van der Waals surface area (Å²) >= 11 is 1.41. The molecule has 0 N–H and O–H groups in total. The van der Waals surface area contributed by atoms with E-state index < -0.39 is 0 Å². The Morgan fingerprint density at radius 3 is 2.75 bits per heavy atom. The third kappa shape index (κ3) is 3.11. The standard InChI is InChI=1S/C23H23N5O3S/c1-23(2)11-14-15(12-31-23)20(27-7-9-30-10-8-27)26-21-17(14)18-19(32-21)22(29)28(13-25-18)16-5-3-4-6-24-16/h3-6,13H,7-12H2,1-2H3. The summed E-state index contributed by atoms with van der Waals surface area (Å²) in [5, 5.41) is 0.985. The van der Waals surface area contributed by atoms with Crippen molar-refractivity contribution in [2.24, 2.45) is 0 Å². The van der Waals surface area contributed by atoms with Gasteiger partial charge in [-0.2, -0.15) is 0 Å². The third-order valence-corrected chi connectivity index (χ3v) is 7.20. The van der Waals surface area contributed by atoms with Gasteiger partial charge in [-0.05, 0) is 31.5 Å². The van der Waals surface area contributed by atoms with Gasteiger partial charge in [-0.15, -0.1) is 11.3 Å². The average Bonchev–Trinajstić information content (AvgIpc) is 3.19. The number of nitrogens with zero attached hydrogens (tertiary/aromatic N) is 5. The van der Waals surface area contributed by atoms with Crippen LogP contribution in [0, 0.1) is 0 Å². The van der Waals surface area contributed by atoms with Crippen LogP contribution in [-0.4, -0.2) is 51.4 Å². The molecule has 6 rings (SSSR count). The van der Waals surface area contributed by atoms with Gasteiger partial charge < -0.3 is 14.4 Å². The first-order valence-electron chi connectivity index (χ1n) is 10.8. The summed E-state index contributed by atoms with van der Waals surface area (Å²) in [5.74, 6) is 1.51. The van der Waals surface area contributed by atoms with Gasteiger partial charge in [0, 0.05) is 36.7 Å². The fourth-order valence-electron chi connectivity index (χ4n) is 4.54. The van der Waals surface area contributed by atoms with Crippen LogP contribution in [0.2, 0.25) is 0 Å². The van der Waals surface area contributed by atoms with Crippen LogP contribution in [0.25, 0.3) is 26.3 Å². The normalized spacial score (nSPS) is 18.2. The summed E-state index contributed by atoms with van der Waals surface area (Å²) < 4.78 is 13.8. The zero-order valence-corrected chi connectivity index (χ0v) is 18.8. The van der Waals surface area contributed by atoms with Crippen molar-refractivity contribution < 1.29 is 9.47 Å². The molecule has 0 unspecified atom stereocenters. The van der Waals surface area contributed by atoms with Crippen LogP contribution in [0.1, 0.15) is 25.0 Å². The first kappa shape index (κ1) is 19.8. The quantitative estimate of drug-likeness (QED) is 0.465. The number of aromatic nitrogens is 4. The number of pyridine rings is 2. The number of fused-ring (bicyclic) bond motifs is 5. The zero-order valence-electron chi connectivity index (χ0n) is 18.0. The van der Waals surface area contributed by atoms with Crippen molar-refractivity contribution in [3.8, 4) is 5.82 Å². The Morgan fingerprint density at radius 2 is 1.97 bits per heavy atom. The number of rotatable bonds is 2. The number of thiophene rings is 1. The van der Waals surface area contributed by atoms with E-state index >= 15 is 0 Å². The van der Waals surface area contributed by atoms with Crippen LogP contribution in [0.4, 0.5) is 5.82 Å². The molecule has 0 saturated carbocycles. The van der Waals surface area contributed by atoms with Crippen LogP contribution in [0.3, 0.4) is 0 Å². The summed E-state index contributed by atoms with van der Waals surface area (Å²) in [6.45, 7) is 7.67. The van der Waals surface area contributed by atoms with Crippen LogP contribution in [0.5, 0.6) is 0 Å². The summed E-state index contributed by atoms with van der Waals surface area (Å²) in [5.41, 5.74) is 2.61. The van der Waals surface area contributed by atoms with E-state index in [0.29, 0.717) is 30.3 Å². The molecule has 8 nitrogen and oxygen atoms in total. The second-order valence-corrected chi connectivity index (χ2v) is 9.78. The van der Waals surface area contributed by atoms with E-state index in [4.69, 9.17) is 19.4 Å². The number of hydrogen-bond donors (Lipinski definition) is 0. The van der Waals surface area contributed by atoms with Crippen LogP contribution >= 0.6 is 11.3 Å². The van der Waals surface area contributed by atoms with Crippen molar-refractivity contribution in [1.82, 2.24) is 19.5 Å². The van der Waals surface area contributed by atoms with Gasteiger partial charge in [0.25, 0.3) is 5.56 Å². The molecule has 2 aliphatic heterocycles. The van der Waals surface area contributed by atoms with Crippen LogP contribution in [0.15, 0.2) is 35.5 Å². The SMILES string of the molecule is CC1(C)Cc2c(c(N3CCOCC3)nc3sc4c(=O)n(-c5ccccn5)cnc4c23)CO1. The Labute approximate surface area is 188 Å². The molecule has 1 saturated heterocycles. The van der Waals surface area contributed by atoms with Gasteiger partial charge in [-0.3, -0.25) is 4.79 Å². The van der Waals surface area contributed by atoms with Crippen molar-refractivity contribution in [2.45, 2.75) is 32.5 Å². The lowest BCUT2D eigenvalue weighted by Gasteiger charge is -2.36. The van der Waals surface area contributed by atoms with Gasteiger partial charge >= 0.3 is 0 Å². The van der Waals surface area contributed by atoms with Gasteiger partial charge in [0.15, 0.2) is 0 Å². The van der Waals surface area contributed by atoms with Crippen LogP contribution < -0.4 is 10.5 Å². The topological polar surface area (TPSA) is 82.4 Å². The molecule has 0 radical (unpaired) electrons. The molecule has 0 aromatic carbocycles. The molecule has 0 bridgehead atoms. The maximum atomic E-state index is 13.4. The zero-order chi connectivity index (χ0) is 21.9. The Morgan fingerprint density at radius 1 is 1.12 bits per heavy atom. The molecule has 6 heterocycles. The highest BCUT2D eigenvalue weighted by Crippen LogP contribution is 2.42. The molecule has 1 fully saturated rings. The summed E-state index contributed by atoms with van der Waals surface area (Å²) in [4.78, 5) is 30.6. The van der Waals surface area contributed by atoms with Gasteiger partial charge in [0.1, 0.15) is 27.5 Å². The van der Waals surface area contributed by atoms with E-state index in [1.54, 1.807) is 18.6 Å². The van der Waals surface area contributed by atoms with Crippen molar-refractivity contribution in [1.29, 1.82) is 0 Å². The van der Waals surface area contributed by atoms with Crippen molar-refractivity contribution in [2.75, 3.05) is 31.2 Å². The number of anilines is 1. The largest absolute Gasteiger partial charge is 0.378 e. The fraction of sp³-hybridized carbons (Fsp3) is 0.391. The molecule has 0 spiro atoms. The Bertz CT molecular complexity index is 1390. The van der Waals surface area contributed by atoms with E-state index in [-0.39, 0.29) is 11.2 Å². The first-order valence-corrected chi connectivity index (χ1v) is 11.6. The first-order chi connectivity index (χ1) is 15.5. The van der Waals surface area contributed by atoms with Gasteiger partial charge in [-0.25, -0.2) is 19.5 Å². The highest BCUT2D eigenvalue weighted by atomic mass is 32.1. The van der Waals surface area contributed by atoms with Crippen molar-refractivity contribution in [3.63, 3.8) is 0 Å². The Hall–Kier alpha value is -2.88. The minimum absolute atomic E-state index is 0.121. The van der Waals surface area contributed by atoms with Gasteiger partial charge in [0.05, 0.1) is 30.9 Å². The summed E-state index contributed by atoms with van der Waals surface area (Å²) in [6.07, 6.45) is 3.99. The molecule has 0 aliphatic carbocycles. The molecule has 0 atom stereocenters. The van der Waals surface area contributed by atoms with E-state index in [0.717, 1.165) is 46.6 Å².